The average molecular weight is 867 g/mol. The van der Waals surface area contributed by atoms with Crippen LogP contribution in [0.4, 0.5) is 14.7 Å². The van der Waals surface area contributed by atoms with Crippen LogP contribution in [0.5, 0.6) is 11.5 Å². The number of nitriles is 1. The van der Waals surface area contributed by atoms with Crippen molar-refractivity contribution in [3.63, 3.8) is 0 Å². The summed E-state index contributed by atoms with van der Waals surface area (Å²) < 4.78 is 40.4. The molecule has 2 aliphatic carbocycles. The van der Waals surface area contributed by atoms with E-state index in [2.05, 4.69) is 59.3 Å². The van der Waals surface area contributed by atoms with E-state index in [9.17, 15) is 33.2 Å². The van der Waals surface area contributed by atoms with Crippen LogP contribution in [0.2, 0.25) is 0 Å². The third kappa shape index (κ3) is 8.68. The number of hydrogen-bond donors (Lipinski definition) is 2. The summed E-state index contributed by atoms with van der Waals surface area (Å²) in [6.07, 6.45) is 3.58. The van der Waals surface area contributed by atoms with E-state index in [0.29, 0.717) is 66.6 Å². The Morgan fingerprint density at radius 2 is 1.65 bits per heavy atom. The first-order valence-electron chi connectivity index (χ1n) is 21.9. The van der Waals surface area contributed by atoms with Crippen molar-refractivity contribution in [2.24, 2.45) is 16.7 Å². The predicted octanol–water partition coefficient (Wildman–Crippen LogP) is 5.73. The molecule has 0 spiro atoms. The van der Waals surface area contributed by atoms with Gasteiger partial charge in [0, 0.05) is 86.3 Å². The van der Waals surface area contributed by atoms with Crippen molar-refractivity contribution in [1.82, 2.24) is 30.4 Å². The van der Waals surface area contributed by atoms with Crippen molar-refractivity contribution in [3.8, 4) is 17.6 Å². The molecule has 2 saturated carbocycles. The molecule has 16 heteroatoms. The molecule has 3 aromatic rings. The summed E-state index contributed by atoms with van der Waals surface area (Å²) in [6, 6.07) is 10.4. The average Bonchev–Trinajstić information content (AvgIpc) is 3.54. The third-order valence-electron chi connectivity index (χ3n) is 14.0. The van der Waals surface area contributed by atoms with Crippen LogP contribution in [-0.4, -0.2) is 106 Å². The molecule has 0 unspecified atom stereocenters. The zero-order valence-corrected chi connectivity index (χ0v) is 36.7. The SMILES string of the molecule is Cc1cc(OC2C(C)(C)C(NC(=O)c3cnc(N4CCC(CN(CC(F)F)C5CC(Oc6ccc7c(c6)CN([C@@H]6CCC(=O)NC6=O)C7=O)C5)CC4)nc3)C2(C)C)cc(C)c1C#N. The zero-order chi connectivity index (χ0) is 45.0. The molecule has 3 aliphatic heterocycles. The fraction of sp³-hybridized carbons (Fsp3) is 0.553. The smallest absolute Gasteiger partial charge is 0.255 e. The normalized spacial score (nSPS) is 25.2. The van der Waals surface area contributed by atoms with E-state index in [1.165, 1.54) is 4.90 Å². The molecule has 2 N–H and O–H groups in total. The second kappa shape index (κ2) is 17.1. The molecule has 4 fully saturated rings. The van der Waals surface area contributed by atoms with E-state index >= 15 is 0 Å². The first-order valence-corrected chi connectivity index (χ1v) is 21.9. The second-order valence-electron chi connectivity index (χ2n) is 19.2. The lowest BCUT2D eigenvalue weighted by molar-refractivity contribution is -0.164. The quantitative estimate of drug-likeness (QED) is 0.201. The maximum absolute atomic E-state index is 13.8. The largest absolute Gasteiger partial charge is 0.490 e. The Labute approximate surface area is 366 Å². The van der Waals surface area contributed by atoms with Crippen LogP contribution in [0.1, 0.15) is 109 Å². The number of aromatic nitrogens is 2. The molecular weight excluding hydrogens is 811 g/mol. The van der Waals surface area contributed by atoms with E-state index in [-0.39, 0.29) is 73.9 Å². The molecule has 1 atom stereocenters. The molecule has 4 heterocycles. The summed E-state index contributed by atoms with van der Waals surface area (Å²) >= 11 is 0. The van der Waals surface area contributed by atoms with Crippen molar-refractivity contribution in [2.45, 2.75) is 123 Å². The zero-order valence-electron chi connectivity index (χ0n) is 36.7. The van der Waals surface area contributed by atoms with Gasteiger partial charge in [0.05, 0.1) is 23.7 Å². The minimum Gasteiger partial charge on any atom is -0.490 e. The minimum absolute atomic E-state index is 0.0337. The number of halogens is 2. The third-order valence-corrected chi connectivity index (χ3v) is 14.0. The van der Waals surface area contributed by atoms with Crippen molar-refractivity contribution >= 4 is 29.6 Å². The van der Waals surface area contributed by atoms with Gasteiger partial charge in [0.1, 0.15) is 29.7 Å². The summed E-state index contributed by atoms with van der Waals surface area (Å²) in [4.78, 5) is 65.2. The number of carbonyl (C=O) groups excluding carboxylic acids is 4. The van der Waals surface area contributed by atoms with Gasteiger partial charge in [-0.1, -0.05) is 27.7 Å². The number of amides is 4. The maximum Gasteiger partial charge on any atom is 0.255 e. The number of carbonyl (C=O) groups is 4. The van der Waals surface area contributed by atoms with Crippen LogP contribution < -0.4 is 25.0 Å². The van der Waals surface area contributed by atoms with Gasteiger partial charge >= 0.3 is 0 Å². The number of ether oxygens (including phenoxy) is 2. The highest BCUT2D eigenvalue weighted by molar-refractivity contribution is 6.05. The van der Waals surface area contributed by atoms with E-state index in [1.807, 2.05) is 36.9 Å². The van der Waals surface area contributed by atoms with Gasteiger partial charge in [-0.25, -0.2) is 18.7 Å². The molecule has 0 bridgehead atoms. The number of fused-ring (bicyclic) bond motifs is 1. The first kappa shape index (κ1) is 43.9. The molecule has 1 aromatic heterocycles. The highest BCUT2D eigenvalue weighted by atomic mass is 19.3. The fourth-order valence-electron chi connectivity index (χ4n) is 10.9. The number of nitrogens with one attached hydrogen (secondary N) is 2. The minimum atomic E-state index is -2.46. The van der Waals surface area contributed by atoms with Gasteiger partial charge in [0.15, 0.2) is 0 Å². The molecule has 8 rings (SSSR count). The lowest BCUT2D eigenvalue weighted by atomic mass is 9.49. The van der Waals surface area contributed by atoms with Crippen LogP contribution in [-0.2, 0) is 16.1 Å². The van der Waals surface area contributed by atoms with E-state index in [4.69, 9.17) is 9.47 Å². The summed E-state index contributed by atoms with van der Waals surface area (Å²) in [7, 11) is 0. The summed E-state index contributed by atoms with van der Waals surface area (Å²) in [5.74, 6) is 0.734. The lowest BCUT2D eigenvalue weighted by Crippen LogP contribution is -2.74. The standard InChI is InChI=1S/C47H56F2N8O6/c1-26-15-33(16-27(2)36(26)20-50)63-44-46(3,4)43(47(44,5)6)54-40(59)30-21-51-45(52-22-30)55-13-11-28(12-14-55)23-56(25-38(48)49)31-18-34(19-31)62-32-7-8-35-29(17-32)24-57(42(35)61)37-9-10-39(58)53-41(37)60/h7-8,15-17,21-22,28,31,34,37-38,43-44H,9-14,18-19,23-25H2,1-6H3,(H,54,59)(H,53,58,60)/t31?,34?,37-,43?,44?/m1/s1. The lowest BCUT2D eigenvalue weighted by Gasteiger charge is -2.63. The number of hydrogen-bond acceptors (Lipinski definition) is 11. The Balaban J connectivity index is 0.798. The van der Waals surface area contributed by atoms with Gasteiger partial charge < -0.3 is 24.6 Å². The van der Waals surface area contributed by atoms with E-state index in [1.54, 1.807) is 24.5 Å². The fourth-order valence-corrected chi connectivity index (χ4v) is 10.9. The number of anilines is 1. The van der Waals surface area contributed by atoms with Crippen LogP contribution in [0.3, 0.4) is 0 Å². The van der Waals surface area contributed by atoms with Crippen LogP contribution in [0.15, 0.2) is 42.7 Å². The number of benzene rings is 2. The Morgan fingerprint density at radius 1 is 0.984 bits per heavy atom. The number of aryl methyl sites for hydroxylation is 2. The number of alkyl halides is 2. The van der Waals surface area contributed by atoms with Crippen molar-refractivity contribution in [3.05, 3.63) is 76.1 Å². The van der Waals surface area contributed by atoms with Gasteiger partial charge in [0.2, 0.25) is 17.8 Å². The van der Waals surface area contributed by atoms with Crippen LogP contribution >= 0.6 is 0 Å². The van der Waals surface area contributed by atoms with Gasteiger partial charge in [0.25, 0.3) is 18.2 Å². The molecule has 0 radical (unpaired) electrons. The molecule has 63 heavy (non-hydrogen) atoms. The summed E-state index contributed by atoms with van der Waals surface area (Å²) in [5, 5.41) is 15.0. The number of nitrogens with zero attached hydrogens (tertiary/aromatic N) is 6. The van der Waals surface area contributed by atoms with Crippen LogP contribution in [0.25, 0.3) is 0 Å². The Kier molecular flexibility index (Phi) is 11.9. The molecule has 4 amide bonds. The number of rotatable bonds is 13. The van der Waals surface area contributed by atoms with Gasteiger partial charge in [-0.15, -0.1) is 0 Å². The van der Waals surface area contributed by atoms with E-state index in [0.717, 1.165) is 29.5 Å². The van der Waals surface area contributed by atoms with Crippen molar-refractivity contribution in [1.29, 1.82) is 5.26 Å². The molecule has 2 aromatic carbocycles. The summed E-state index contributed by atoms with van der Waals surface area (Å²) in [6.45, 7) is 14.0. The molecule has 5 aliphatic rings. The Morgan fingerprint density at radius 3 is 2.27 bits per heavy atom. The Bertz CT molecular complexity index is 2280. The molecule has 2 saturated heterocycles. The summed E-state index contributed by atoms with van der Waals surface area (Å²) in [5.41, 5.74) is 3.21. The topological polar surface area (TPSA) is 170 Å². The first-order chi connectivity index (χ1) is 29.9. The van der Waals surface area contributed by atoms with Crippen molar-refractivity contribution < 1.29 is 37.4 Å². The highest BCUT2D eigenvalue weighted by Crippen LogP contribution is 2.55. The maximum atomic E-state index is 13.8. The predicted molar refractivity (Wildman–Crippen MR) is 228 cm³/mol. The molecule has 334 valence electrons. The van der Waals surface area contributed by atoms with Crippen LogP contribution in [0, 0.1) is 41.9 Å². The highest BCUT2D eigenvalue weighted by Gasteiger charge is 2.64. The second-order valence-corrected chi connectivity index (χ2v) is 19.2. The van der Waals surface area contributed by atoms with Gasteiger partial charge in [-0.3, -0.25) is 29.4 Å². The van der Waals surface area contributed by atoms with Gasteiger partial charge in [-0.2, -0.15) is 5.26 Å². The van der Waals surface area contributed by atoms with Crippen molar-refractivity contribution in [2.75, 3.05) is 31.1 Å². The van der Waals surface area contributed by atoms with Gasteiger partial charge in [-0.05, 0) is 86.1 Å². The Hall–Kier alpha value is -5.69. The molecule has 14 nitrogen and oxygen atoms in total. The monoisotopic (exact) mass is 866 g/mol. The number of imide groups is 1. The van der Waals surface area contributed by atoms with E-state index < -0.39 is 29.2 Å². The molecular formula is C47H56F2N8O6. The number of piperidine rings is 2.